The summed E-state index contributed by atoms with van der Waals surface area (Å²) in [5.41, 5.74) is 0.575. The van der Waals surface area contributed by atoms with Crippen LogP contribution in [0.15, 0.2) is 18.2 Å². The fourth-order valence-electron chi connectivity index (χ4n) is 2.94. The third-order valence-electron chi connectivity index (χ3n) is 4.06. The van der Waals surface area contributed by atoms with Gasteiger partial charge in [0, 0.05) is 24.9 Å². The summed E-state index contributed by atoms with van der Waals surface area (Å²) in [6, 6.07) is 5.18. The molecule has 0 aliphatic carbocycles. The van der Waals surface area contributed by atoms with Gasteiger partial charge in [-0.15, -0.1) is 0 Å². The highest BCUT2D eigenvalue weighted by atomic mass is 32.2. The van der Waals surface area contributed by atoms with Crippen LogP contribution in [0.5, 0.6) is 11.5 Å². The van der Waals surface area contributed by atoms with E-state index in [0.717, 1.165) is 12.8 Å². The van der Waals surface area contributed by atoms with Crippen LogP contribution < -0.4 is 9.47 Å². The second-order valence-corrected chi connectivity index (χ2v) is 8.08. The molecule has 1 aromatic carbocycles. The largest absolute Gasteiger partial charge is 0.454 e. The van der Waals surface area contributed by atoms with Crippen LogP contribution in [0.2, 0.25) is 0 Å². The number of carbonyl (C=O) groups is 1. The molecule has 0 radical (unpaired) electrons. The standard InChI is InChI=1S/C15H19NO5S/c1-22(18,19)9-11-4-6-16(7-5-11)15(17)12-2-3-13-14(8-12)21-10-20-13/h2-3,8,11H,4-7,9-10H2,1H3. The number of hydrogen-bond acceptors (Lipinski definition) is 5. The minimum atomic E-state index is -2.95. The Hall–Kier alpha value is -1.76. The van der Waals surface area contributed by atoms with Crippen molar-refractivity contribution >= 4 is 15.7 Å². The second-order valence-electron chi connectivity index (χ2n) is 5.90. The summed E-state index contributed by atoms with van der Waals surface area (Å²) in [5.74, 6) is 1.56. The number of nitrogens with zero attached hydrogens (tertiary/aromatic N) is 1. The normalized spacial score (nSPS) is 18.5. The van der Waals surface area contributed by atoms with E-state index < -0.39 is 9.84 Å². The highest BCUT2D eigenvalue weighted by Gasteiger charge is 2.26. The van der Waals surface area contributed by atoms with E-state index in [2.05, 4.69) is 0 Å². The molecule has 1 fully saturated rings. The van der Waals surface area contributed by atoms with E-state index in [-0.39, 0.29) is 24.4 Å². The topological polar surface area (TPSA) is 72.9 Å². The van der Waals surface area contributed by atoms with Crippen LogP contribution in [0, 0.1) is 5.92 Å². The van der Waals surface area contributed by atoms with Gasteiger partial charge in [-0.25, -0.2) is 8.42 Å². The lowest BCUT2D eigenvalue weighted by molar-refractivity contribution is 0.0698. The van der Waals surface area contributed by atoms with Crippen LogP contribution in [0.25, 0.3) is 0 Å². The fourth-order valence-corrected chi connectivity index (χ4v) is 4.13. The van der Waals surface area contributed by atoms with E-state index in [0.29, 0.717) is 30.2 Å². The summed E-state index contributed by atoms with van der Waals surface area (Å²) in [6.45, 7) is 1.37. The van der Waals surface area contributed by atoms with Crippen molar-refractivity contribution in [3.8, 4) is 11.5 Å². The molecule has 1 amide bonds. The van der Waals surface area contributed by atoms with Gasteiger partial charge in [0.05, 0.1) is 5.75 Å². The molecule has 0 saturated carbocycles. The molecule has 2 aliphatic heterocycles. The molecule has 22 heavy (non-hydrogen) atoms. The van der Waals surface area contributed by atoms with Gasteiger partial charge < -0.3 is 14.4 Å². The second kappa shape index (κ2) is 5.79. The zero-order valence-electron chi connectivity index (χ0n) is 12.4. The van der Waals surface area contributed by atoms with E-state index in [4.69, 9.17) is 9.47 Å². The molecule has 0 atom stereocenters. The SMILES string of the molecule is CS(=O)(=O)CC1CCN(C(=O)c2ccc3c(c2)OCO3)CC1. The minimum absolute atomic E-state index is 0.0453. The van der Waals surface area contributed by atoms with Crippen molar-refractivity contribution in [1.82, 2.24) is 4.90 Å². The Labute approximate surface area is 129 Å². The quantitative estimate of drug-likeness (QED) is 0.838. The molecule has 7 heteroatoms. The molecule has 1 saturated heterocycles. The van der Waals surface area contributed by atoms with Crippen LogP contribution in [0.1, 0.15) is 23.2 Å². The maximum absolute atomic E-state index is 12.5. The lowest BCUT2D eigenvalue weighted by Crippen LogP contribution is -2.39. The molecule has 120 valence electrons. The van der Waals surface area contributed by atoms with Gasteiger partial charge in [-0.2, -0.15) is 0 Å². The Morgan fingerprint density at radius 3 is 2.59 bits per heavy atom. The Morgan fingerprint density at radius 2 is 1.91 bits per heavy atom. The zero-order chi connectivity index (χ0) is 15.7. The number of ether oxygens (including phenoxy) is 2. The van der Waals surface area contributed by atoms with E-state index in [9.17, 15) is 13.2 Å². The summed E-state index contributed by atoms with van der Waals surface area (Å²) in [4.78, 5) is 14.3. The molecule has 6 nitrogen and oxygen atoms in total. The van der Waals surface area contributed by atoms with Crippen LogP contribution in [0.4, 0.5) is 0 Å². The van der Waals surface area contributed by atoms with Gasteiger partial charge >= 0.3 is 0 Å². The lowest BCUT2D eigenvalue weighted by atomic mass is 9.98. The molecule has 0 N–H and O–H groups in total. The number of piperidine rings is 1. The summed E-state index contributed by atoms with van der Waals surface area (Å²) in [6.07, 6.45) is 2.71. The molecule has 2 aliphatic rings. The van der Waals surface area contributed by atoms with E-state index in [1.165, 1.54) is 6.26 Å². The van der Waals surface area contributed by atoms with Gasteiger partial charge in [0.1, 0.15) is 9.84 Å². The molecule has 1 aromatic rings. The predicted octanol–water partition coefficient (Wildman–Crippen LogP) is 1.31. The molecule has 0 spiro atoms. The van der Waals surface area contributed by atoms with Crippen LogP contribution >= 0.6 is 0 Å². The maximum Gasteiger partial charge on any atom is 0.253 e. The molecule has 0 aromatic heterocycles. The Kier molecular flexibility index (Phi) is 3.99. The van der Waals surface area contributed by atoms with Gasteiger partial charge in [0.15, 0.2) is 11.5 Å². The first-order valence-electron chi connectivity index (χ1n) is 7.29. The number of likely N-dealkylation sites (tertiary alicyclic amines) is 1. The first-order valence-corrected chi connectivity index (χ1v) is 9.35. The van der Waals surface area contributed by atoms with E-state index in [1.54, 1.807) is 23.1 Å². The highest BCUT2D eigenvalue weighted by Crippen LogP contribution is 2.33. The van der Waals surface area contributed by atoms with Crippen LogP contribution in [0.3, 0.4) is 0 Å². The number of hydrogen-bond donors (Lipinski definition) is 0. The van der Waals surface area contributed by atoms with Crippen molar-refractivity contribution in [2.45, 2.75) is 12.8 Å². The predicted molar refractivity (Wildman–Crippen MR) is 80.9 cm³/mol. The third kappa shape index (κ3) is 3.35. The number of sulfone groups is 1. The van der Waals surface area contributed by atoms with Crippen molar-refractivity contribution in [3.05, 3.63) is 23.8 Å². The van der Waals surface area contributed by atoms with Gasteiger partial charge in [-0.05, 0) is 37.0 Å². The Bertz CT molecular complexity index is 677. The Balaban J connectivity index is 1.62. The number of benzene rings is 1. The molecule has 2 heterocycles. The maximum atomic E-state index is 12.5. The third-order valence-corrected chi connectivity index (χ3v) is 5.14. The summed E-state index contributed by atoms with van der Waals surface area (Å²) in [5, 5.41) is 0. The smallest absolute Gasteiger partial charge is 0.253 e. The van der Waals surface area contributed by atoms with Crippen molar-refractivity contribution < 1.29 is 22.7 Å². The van der Waals surface area contributed by atoms with Crippen molar-refractivity contribution in [2.24, 2.45) is 5.92 Å². The number of rotatable bonds is 3. The number of amides is 1. The summed E-state index contributed by atoms with van der Waals surface area (Å²) < 4.78 is 33.2. The average Bonchev–Trinajstić information content (AvgIpc) is 2.93. The van der Waals surface area contributed by atoms with Gasteiger partial charge in [-0.3, -0.25) is 4.79 Å². The Morgan fingerprint density at radius 1 is 1.23 bits per heavy atom. The zero-order valence-corrected chi connectivity index (χ0v) is 13.3. The number of carbonyl (C=O) groups excluding carboxylic acids is 1. The molecular formula is C15H19NO5S. The summed E-state index contributed by atoms with van der Waals surface area (Å²) in [7, 11) is -2.95. The van der Waals surface area contributed by atoms with E-state index >= 15 is 0 Å². The average molecular weight is 325 g/mol. The molecule has 0 unspecified atom stereocenters. The van der Waals surface area contributed by atoms with Gasteiger partial charge in [0.25, 0.3) is 5.91 Å². The molecular weight excluding hydrogens is 306 g/mol. The number of fused-ring (bicyclic) bond motifs is 1. The first kappa shape index (κ1) is 15.1. The fraction of sp³-hybridized carbons (Fsp3) is 0.533. The molecule has 3 rings (SSSR count). The minimum Gasteiger partial charge on any atom is -0.454 e. The van der Waals surface area contributed by atoms with Crippen LogP contribution in [-0.4, -0.2) is 51.1 Å². The van der Waals surface area contributed by atoms with E-state index in [1.807, 2.05) is 0 Å². The highest BCUT2D eigenvalue weighted by molar-refractivity contribution is 7.90. The van der Waals surface area contributed by atoms with Crippen molar-refractivity contribution in [1.29, 1.82) is 0 Å². The molecule has 0 bridgehead atoms. The van der Waals surface area contributed by atoms with Crippen molar-refractivity contribution in [3.63, 3.8) is 0 Å². The van der Waals surface area contributed by atoms with Gasteiger partial charge in [-0.1, -0.05) is 0 Å². The lowest BCUT2D eigenvalue weighted by Gasteiger charge is -2.31. The summed E-state index contributed by atoms with van der Waals surface area (Å²) >= 11 is 0. The monoisotopic (exact) mass is 325 g/mol. The van der Waals surface area contributed by atoms with Crippen molar-refractivity contribution in [2.75, 3.05) is 31.9 Å². The van der Waals surface area contributed by atoms with Crippen LogP contribution in [-0.2, 0) is 9.84 Å². The van der Waals surface area contributed by atoms with Gasteiger partial charge in [0.2, 0.25) is 6.79 Å². The first-order chi connectivity index (χ1) is 10.4.